The van der Waals surface area contributed by atoms with Gasteiger partial charge in [0, 0.05) is 25.3 Å². The van der Waals surface area contributed by atoms with Gasteiger partial charge < -0.3 is 4.57 Å². The maximum atomic E-state index is 13.6. The molecule has 1 aromatic carbocycles. The van der Waals surface area contributed by atoms with Crippen molar-refractivity contribution < 1.29 is 22.0 Å². The molecule has 0 atom stereocenters. The zero-order valence-electron chi connectivity index (χ0n) is 13.9. The van der Waals surface area contributed by atoms with Crippen molar-refractivity contribution in [3.63, 3.8) is 0 Å². The van der Waals surface area contributed by atoms with Gasteiger partial charge in [0.2, 0.25) is 0 Å². The van der Waals surface area contributed by atoms with Gasteiger partial charge in [-0.25, -0.2) is 18.7 Å². The number of benzene rings is 1. The summed E-state index contributed by atoms with van der Waals surface area (Å²) in [6, 6.07) is 2.88. The van der Waals surface area contributed by atoms with E-state index in [-0.39, 0.29) is 34.2 Å². The first-order valence-electron chi connectivity index (χ1n) is 7.76. The van der Waals surface area contributed by atoms with Crippen molar-refractivity contribution in [2.75, 3.05) is 5.75 Å². The Hall–Kier alpha value is -2.43. The molecule has 2 aromatic heterocycles. The number of nitrogens with zero attached hydrogens (tertiary/aromatic N) is 4. The molecule has 0 amide bonds. The lowest BCUT2D eigenvalue weighted by Crippen LogP contribution is -2.22. The van der Waals surface area contributed by atoms with Crippen molar-refractivity contribution in [3.05, 3.63) is 46.5 Å². The van der Waals surface area contributed by atoms with Crippen LogP contribution >= 0.6 is 11.8 Å². The van der Waals surface area contributed by atoms with Gasteiger partial charge in [-0.15, -0.1) is 0 Å². The van der Waals surface area contributed by atoms with E-state index in [0.29, 0.717) is 0 Å². The normalized spacial score (nSPS) is 12.1. The smallest absolute Gasteiger partial charge is 0.318 e. The van der Waals surface area contributed by atoms with Crippen LogP contribution in [0.3, 0.4) is 0 Å². The Balaban J connectivity index is 2.05. The largest absolute Gasteiger partial charge is 0.389 e. The van der Waals surface area contributed by atoms with E-state index in [1.807, 2.05) is 0 Å². The van der Waals surface area contributed by atoms with Crippen LogP contribution in [0, 0.1) is 11.6 Å². The van der Waals surface area contributed by atoms with Gasteiger partial charge in [-0.3, -0.25) is 9.36 Å². The molecule has 5 nitrogen and oxygen atoms in total. The van der Waals surface area contributed by atoms with Crippen LogP contribution in [0.5, 0.6) is 0 Å². The van der Waals surface area contributed by atoms with Gasteiger partial charge in [-0.2, -0.15) is 13.2 Å². The van der Waals surface area contributed by atoms with Crippen molar-refractivity contribution in [2.45, 2.75) is 24.2 Å². The third-order valence-electron chi connectivity index (χ3n) is 3.70. The monoisotopic (exact) mass is 404 g/mol. The van der Waals surface area contributed by atoms with E-state index >= 15 is 0 Å². The molecule has 0 aliphatic rings. The van der Waals surface area contributed by atoms with E-state index in [0.717, 1.165) is 28.5 Å². The minimum Gasteiger partial charge on any atom is -0.318 e. The lowest BCUT2D eigenvalue weighted by molar-refractivity contribution is -0.134. The lowest BCUT2D eigenvalue weighted by atomic mass is 10.3. The molecule has 0 unspecified atom stereocenters. The molecule has 0 aliphatic heterocycles. The molecule has 0 aliphatic carbocycles. The van der Waals surface area contributed by atoms with Gasteiger partial charge in [0.15, 0.2) is 28.0 Å². The second-order valence-electron chi connectivity index (χ2n) is 5.73. The first-order valence-corrected chi connectivity index (χ1v) is 8.75. The van der Waals surface area contributed by atoms with Crippen LogP contribution in [0.1, 0.15) is 12.8 Å². The third kappa shape index (κ3) is 4.12. The molecule has 144 valence electrons. The summed E-state index contributed by atoms with van der Waals surface area (Å²) in [7, 11) is 1.61. The Kier molecular flexibility index (Phi) is 5.22. The number of rotatable bonds is 5. The van der Waals surface area contributed by atoms with Crippen LogP contribution in [-0.2, 0) is 7.05 Å². The van der Waals surface area contributed by atoms with Gasteiger partial charge in [-0.1, -0.05) is 11.8 Å². The quantitative estimate of drug-likeness (QED) is 0.281. The topological polar surface area (TPSA) is 52.7 Å². The van der Waals surface area contributed by atoms with Crippen molar-refractivity contribution in [2.24, 2.45) is 7.05 Å². The molecular formula is C16H13F5N4OS. The summed E-state index contributed by atoms with van der Waals surface area (Å²) in [6.07, 6.45) is -4.05. The average Bonchev–Trinajstić information content (AvgIpc) is 2.95. The van der Waals surface area contributed by atoms with Gasteiger partial charge in [0.05, 0.1) is 12.0 Å². The number of hydrogen-bond acceptors (Lipinski definition) is 4. The first kappa shape index (κ1) is 19.3. The Morgan fingerprint density at radius 1 is 1.19 bits per heavy atom. The minimum absolute atomic E-state index is 0.0114. The number of fused-ring (bicyclic) bond motifs is 1. The van der Waals surface area contributed by atoms with Crippen LogP contribution < -0.4 is 5.56 Å². The Labute approximate surface area is 153 Å². The summed E-state index contributed by atoms with van der Waals surface area (Å²) in [4.78, 5) is 21.0. The van der Waals surface area contributed by atoms with E-state index in [2.05, 4.69) is 9.97 Å². The molecule has 0 N–H and O–H groups in total. The third-order valence-corrected chi connectivity index (χ3v) is 4.73. The maximum Gasteiger partial charge on any atom is 0.389 e. The average molecular weight is 404 g/mol. The number of aryl methyl sites for hydroxylation is 1. The van der Waals surface area contributed by atoms with Crippen LogP contribution in [-0.4, -0.2) is 31.0 Å². The van der Waals surface area contributed by atoms with Gasteiger partial charge >= 0.3 is 6.18 Å². The van der Waals surface area contributed by atoms with E-state index in [9.17, 15) is 26.7 Å². The summed E-state index contributed by atoms with van der Waals surface area (Å²) < 4.78 is 66.3. The van der Waals surface area contributed by atoms with Gasteiger partial charge in [-0.05, 0) is 18.6 Å². The number of aromatic nitrogens is 4. The van der Waals surface area contributed by atoms with Crippen molar-refractivity contribution in [1.82, 2.24) is 19.1 Å². The van der Waals surface area contributed by atoms with Gasteiger partial charge in [0.25, 0.3) is 5.56 Å². The molecule has 0 fully saturated rings. The highest BCUT2D eigenvalue weighted by Gasteiger charge is 2.26. The standard InChI is InChI=1S/C16H13F5N4OS/c1-24-8-22-12-13(24)23-15(27-6-2-5-16(19,20)21)25(14(12)26)9-3-4-10(17)11(18)7-9/h3-4,7-8H,2,5-6H2,1H3. The molecular weight excluding hydrogens is 391 g/mol. The number of alkyl halides is 3. The Bertz CT molecular complexity index is 1040. The molecule has 0 bridgehead atoms. The molecule has 2 heterocycles. The van der Waals surface area contributed by atoms with Crippen molar-refractivity contribution in [3.8, 4) is 5.69 Å². The predicted octanol–water partition coefficient (Wildman–Crippen LogP) is 3.83. The molecule has 3 aromatic rings. The molecule has 0 radical (unpaired) electrons. The van der Waals surface area contributed by atoms with E-state index in [1.54, 1.807) is 7.05 Å². The van der Waals surface area contributed by atoms with E-state index in [4.69, 9.17) is 0 Å². The molecule has 0 spiro atoms. The zero-order valence-corrected chi connectivity index (χ0v) is 14.7. The molecule has 0 saturated heterocycles. The Morgan fingerprint density at radius 3 is 2.59 bits per heavy atom. The Morgan fingerprint density at radius 2 is 1.93 bits per heavy atom. The second kappa shape index (κ2) is 7.29. The van der Waals surface area contributed by atoms with Crippen LogP contribution in [0.25, 0.3) is 16.9 Å². The van der Waals surface area contributed by atoms with Crippen LogP contribution in [0.15, 0.2) is 34.5 Å². The molecule has 3 rings (SSSR count). The predicted molar refractivity (Wildman–Crippen MR) is 90.0 cm³/mol. The van der Waals surface area contributed by atoms with Crippen LogP contribution in [0.4, 0.5) is 22.0 Å². The molecule has 11 heteroatoms. The number of thioether (sulfide) groups is 1. The summed E-state index contributed by atoms with van der Waals surface area (Å²) in [6.45, 7) is 0. The number of hydrogen-bond donors (Lipinski definition) is 0. The molecule has 0 saturated carbocycles. The maximum absolute atomic E-state index is 13.6. The number of imidazole rings is 1. The van der Waals surface area contributed by atoms with Crippen molar-refractivity contribution >= 4 is 22.9 Å². The van der Waals surface area contributed by atoms with E-state index in [1.165, 1.54) is 17.0 Å². The number of halogens is 5. The minimum atomic E-state index is -4.28. The van der Waals surface area contributed by atoms with Crippen LogP contribution in [0.2, 0.25) is 0 Å². The lowest BCUT2D eigenvalue weighted by Gasteiger charge is -2.12. The van der Waals surface area contributed by atoms with Gasteiger partial charge in [0.1, 0.15) is 0 Å². The van der Waals surface area contributed by atoms with Crippen molar-refractivity contribution in [1.29, 1.82) is 0 Å². The molecule has 27 heavy (non-hydrogen) atoms. The fourth-order valence-electron chi connectivity index (χ4n) is 2.42. The summed E-state index contributed by atoms with van der Waals surface area (Å²) in [5.74, 6) is -2.20. The fourth-order valence-corrected chi connectivity index (χ4v) is 3.36. The highest BCUT2D eigenvalue weighted by Crippen LogP contribution is 2.26. The fraction of sp³-hybridized carbons (Fsp3) is 0.312. The highest BCUT2D eigenvalue weighted by atomic mass is 32.2. The first-order chi connectivity index (χ1) is 12.7. The SMILES string of the molecule is Cn1cnc2c(=O)n(-c3ccc(F)c(F)c3)c(SCCCC(F)(F)F)nc21. The van der Waals surface area contributed by atoms with E-state index < -0.39 is 29.8 Å². The second-order valence-corrected chi connectivity index (χ2v) is 6.79. The summed E-state index contributed by atoms with van der Waals surface area (Å²) in [5.41, 5.74) is -0.346. The highest BCUT2D eigenvalue weighted by molar-refractivity contribution is 7.99. The zero-order chi connectivity index (χ0) is 19.8. The summed E-state index contributed by atoms with van der Waals surface area (Å²) in [5, 5.41) is 0.0734. The summed E-state index contributed by atoms with van der Waals surface area (Å²) >= 11 is 0.928.